The minimum absolute atomic E-state index is 0.0890. The van der Waals surface area contributed by atoms with Crippen molar-refractivity contribution in [2.45, 2.75) is 24.9 Å². The van der Waals surface area contributed by atoms with E-state index in [9.17, 15) is 9.90 Å². The first-order valence-electron chi connectivity index (χ1n) is 7.98. The summed E-state index contributed by atoms with van der Waals surface area (Å²) in [5, 5.41) is 14.1. The van der Waals surface area contributed by atoms with E-state index < -0.39 is 5.60 Å². The van der Waals surface area contributed by atoms with Gasteiger partial charge in [-0.25, -0.2) is 0 Å². The number of rotatable bonds is 5. The molecular formula is C19H20ClNO3. The van der Waals surface area contributed by atoms with Gasteiger partial charge in [0, 0.05) is 18.0 Å². The fourth-order valence-electron chi connectivity index (χ4n) is 2.93. The topological polar surface area (TPSA) is 58.6 Å². The van der Waals surface area contributed by atoms with Crippen LogP contribution in [0.15, 0.2) is 48.5 Å². The molecule has 1 amide bonds. The van der Waals surface area contributed by atoms with E-state index in [1.54, 1.807) is 24.3 Å². The van der Waals surface area contributed by atoms with Gasteiger partial charge in [-0.3, -0.25) is 4.79 Å². The molecule has 0 fully saturated rings. The van der Waals surface area contributed by atoms with Crippen molar-refractivity contribution in [3.05, 3.63) is 64.7 Å². The number of benzene rings is 2. The summed E-state index contributed by atoms with van der Waals surface area (Å²) < 4.78 is 5.40. The Labute approximate surface area is 146 Å². The average molecular weight is 346 g/mol. The molecule has 0 heterocycles. The van der Waals surface area contributed by atoms with Crippen LogP contribution in [-0.2, 0) is 17.6 Å². The quantitative estimate of drug-likeness (QED) is 0.876. The Hall–Kier alpha value is -2.04. The standard InChI is InChI=1S/C19H20ClNO3/c20-16-5-7-17(8-6-16)24-12-18(22)21-13-19(23)10-9-14-3-1-2-4-15(14)11-19/h1-8,23H,9-13H2,(H,21,22)/t19-/m0/s1. The third kappa shape index (κ3) is 4.28. The van der Waals surface area contributed by atoms with Gasteiger partial charge in [0.15, 0.2) is 6.61 Å². The molecule has 0 spiro atoms. The molecule has 1 aliphatic rings. The summed E-state index contributed by atoms with van der Waals surface area (Å²) in [4.78, 5) is 11.9. The van der Waals surface area contributed by atoms with Crippen LogP contribution in [0.25, 0.3) is 0 Å². The molecule has 0 saturated heterocycles. The third-order valence-electron chi connectivity index (χ3n) is 4.30. The highest BCUT2D eigenvalue weighted by Gasteiger charge is 2.32. The van der Waals surface area contributed by atoms with Crippen LogP contribution >= 0.6 is 11.6 Å². The van der Waals surface area contributed by atoms with Crippen molar-refractivity contribution in [2.24, 2.45) is 0 Å². The number of ether oxygens (including phenoxy) is 1. The summed E-state index contributed by atoms with van der Waals surface area (Å²) in [6.07, 6.45) is 2.02. The number of fused-ring (bicyclic) bond motifs is 1. The molecule has 0 aromatic heterocycles. The maximum absolute atomic E-state index is 11.9. The van der Waals surface area contributed by atoms with Crippen molar-refractivity contribution in [3.63, 3.8) is 0 Å². The van der Waals surface area contributed by atoms with Gasteiger partial charge in [0.05, 0.1) is 5.60 Å². The van der Waals surface area contributed by atoms with Crippen LogP contribution in [0.1, 0.15) is 17.5 Å². The van der Waals surface area contributed by atoms with Crippen molar-refractivity contribution in [1.82, 2.24) is 5.32 Å². The summed E-state index contributed by atoms with van der Waals surface area (Å²) in [6, 6.07) is 14.9. The van der Waals surface area contributed by atoms with Gasteiger partial charge in [0.25, 0.3) is 5.91 Å². The van der Waals surface area contributed by atoms with E-state index in [2.05, 4.69) is 11.4 Å². The number of hydrogen-bond donors (Lipinski definition) is 2. The van der Waals surface area contributed by atoms with Crippen LogP contribution in [0, 0.1) is 0 Å². The molecule has 1 aliphatic carbocycles. The number of carbonyl (C=O) groups is 1. The first-order valence-corrected chi connectivity index (χ1v) is 8.36. The lowest BCUT2D eigenvalue weighted by molar-refractivity contribution is -0.124. The zero-order chi connectivity index (χ0) is 17.0. The minimum Gasteiger partial charge on any atom is -0.484 e. The summed E-state index contributed by atoms with van der Waals surface area (Å²) in [5.74, 6) is 0.331. The zero-order valence-corrected chi connectivity index (χ0v) is 14.1. The second kappa shape index (κ2) is 7.24. The van der Waals surface area contributed by atoms with Gasteiger partial charge < -0.3 is 15.2 Å². The van der Waals surface area contributed by atoms with Crippen LogP contribution < -0.4 is 10.1 Å². The molecule has 2 N–H and O–H groups in total. The van der Waals surface area contributed by atoms with Crippen LogP contribution in [0.5, 0.6) is 5.75 Å². The van der Waals surface area contributed by atoms with E-state index >= 15 is 0 Å². The van der Waals surface area contributed by atoms with Crippen molar-refractivity contribution < 1.29 is 14.6 Å². The van der Waals surface area contributed by atoms with Crippen LogP contribution in [-0.4, -0.2) is 29.8 Å². The van der Waals surface area contributed by atoms with E-state index in [1.165, 1.54) is 5.56 Å². The summed E-state index contributed by atoms with van der Waals surface area (Å²) in [6.45, 7) is 0.137. The molecule has 3 rings (SSSR count). The highest BCUT2D eigenvalue weighted by Crippen LogP contribution is 2.28. The highest BCUT2D eigenvalue weighted by molar-refractivity contribution is 6.30. The van der Waals surface area contributed by atoms with Crippen LogP contribution in [0.3, 0.4) is 0 Å². The Morgan fingerprint density at radius 1 is 1.17 bits per heavy atom. The molecule has 24 heavy (non-hydrogen) atoms. The summed E-state index contributed by atoms with van der Waals surface area (Å²) >= 11 is 5.80. The van der Waals surface area contributed by atoms with Gasteiger partial charge in [-0.2, -0.15) is 0 Å². The maximum atomic E-state index is 11.9. The fraction of sp³-hybridized carbons (Fsp3) is 0.316. The van der Waals surface area contributed by atoms with Gasteiger partial charge in [0.2, 0.25) is 0 Å². The highest BCUT2D eigenvalue weighted by atomic mass is 35.5. The number of hydrogen-bond acceptors (Lipinski definition) is 3. The SMILES string of the molecule is O=C(COc1ccc(Cl)cc1)NC[C@]1(O)CCc2ccccc2C1. The molecular weight excluding hydrogens is 326 g/mol. The number of halogens is 1. The lowest BCUT2D eigenvalue weighted by Gasteiger charge is -2.33. The second-order valence-corrected chi connectivity index (χ2v) is 6.63. The van der Waals surface area contributed by atoms with Crippen molar-refractivity contribution >= 4 is 17.5 Å². The molecule has 0 aliphatic heterocycles. The Balaban J connectivity index is 1.48. The van der Waals surface area contributed by atoms with E-state index in [-0.39, 0.29) is 19.1 Å². The predicted molar refractivity (Wildman–Crippen MR) is 93.4 cm³/mol. The monoisotopic (exact) mass is 345 g/mol. The minimum atomic E-state index is -0.899. The predicted octanol–water partition coefficient (Wildman–Crippen LogP) is 2.76. The smallest absolute Gasteiger partial charge is 0.258 e. The molecule has 0 bridgehead atoms. The van der Waals surface area contributed by atoms with Crippen molar-refractivity contribution in [1.29, 1.82) is 0 Å². The third-order valence-corrected chi connectivity index (χ3v) is 4.55. The zero-order valence-electron chi connectivity index (χ0n) is 13.3. The lowest BCUT2D eigenvalue weighted by atomic mass is 9.80. The van der Waals surface area contributed by atoms with E-state index in [0.29, 0.717) is 23.6 Å². The van der Waals surface area contributed by atoms with Gasteiger partial charge in [-0.15, -0.1) is 0 Å². The summed E-state index contributed by atoms with van der Waals surface area (Å²) in [5.41, 5.74) is 1.53. The van der Waals surface area contributed by atoms with E-state index in [1.807, 2.05) is 18.2 Å². The first kappa shape index (κ1) is 16.8. The van der Waals surface area contributed by atoms with Crippen molar-refractivity contribution in [3.8, 4) is 5.75 Å². The van der Waals surface area contributed by atoms with Crippen molar-refractivity contribution in [2.75, 3.05) is 13.2 Å². The molecule has 2 aromatic carbocycles. The van der Waals surface area contributed by atoms with Gasteiger partial charge in [-0.05, 0) is 48.2 Å². The van der Waals surface area contributed by atoms with Gasteiger partial charge in [-0.1, -0.05) is 35.9 Å². The maximum Gasteiger partial charge on any atom is 0.258 e. The van der Waals surface area contributed by atoms with Gasteiger partial charge in [0.1, 0.15) is 5.75 Å². The number of carbonyl (C=O) groups excluding carboxylic acids is 1. The average Bonchev–Trinajstić information content (AvgIpc) is 2.59. The number of amides is 1. The number of aliphatic hydroxyl groups is 1. The second-order valence-electron chi connectivity index (χ2n) is 6.19. The van der Waals surface area contributed by atoms with E-state index in [0.717, 1.165) is 12.0 Å². The largest absolute Gasteiger partial charge is 0.484 e. The molecule has 1 atom stereocenters. The van der Waals surface area contributed by atoms with Crippen LogP contribution in [0.4, 0.5) is 0 Å². The Morgan fingerprint density at radius 3 is 2.62 bits per heavy atom. The van der Waals surface area contributed by atoms with Crippen LogP contribution in [0.2, 0.25) is 5.02 Å². The number of aryl methyl sites for hydroxylation is 1. The molecule has 0 radical (unpaired) electrons. The molecule has 5 heteroatoms. The summed E-state index contributed by atoms with van der Waals surface area (Å²) in [7, 11) is 0. The number of nitrogens with one attached hydrogen (secondary N) is 1. The Kier molecular flexibility index (Phi) is 5.07. The molecule has 126 valence electrons. The van der Waals surface area contributed by atoms with Gasteiger partial charge >= 0.3 is 0 Å². The molecule has 4 nitrogen and oxygen atoms in total. The van der Waals surface area contributed by atoms with E-state index in [4.69, 9.17) is 16.3 Å². The first-order chi connectivity index (χ1) is 11.5. The fourth-order valence-corrected chi connectivity index (χ4v) is 3.05. The lowest BCUT2D eigenvalue weighted by Crippen LogP contribution is -2.47. The molecule has 0 unspecified atom stereocenters. The molecule has 0 saturated carbocycles. The normalized spacial score (nSPS) is 19.4. The molecule has 2 aromatic rings. The Morgan fingerprint density at radius 2 is 1.88 bits per heavy atom. The Bertz CT molecular complexity index is 717.